The van der Waals surface area contributed by atoms with Crippen molar-refractivity contribution in [2.45, 2.75) is 20.8 Å². The fraction of sp³-hybridized carbons (Fsp3) is 0.158. The van der Waals surface area contributed by atoms with Crippen molar-refractivity contribution in [2.24, 2.45) is 0 Å². The van der Waals surface area contributed by atoms with E-state index in [-0.39, 0.29) is 16.8 Å². The van der Waals surface area contributed by atoms with Crippen molar-refractivity contribution >= 4 is 39.9 Å². The van der Waals surface area contributed by atoms with E-state index >= 15 is 0 Å². The normalized spacial score (nSPS) is 16.2. The predicted octanol–water partition coefficient (Wildman–Crippen LogP) is 4.84. The van der Waals surface area contributed by atoms with Crippen LogP contribution in [-0.4, -0.2) is 16.1 Å². The highest BCUT2D eigenvalue weighted by Crippen LogP contribution is 2.40. The van der Waals surface area contributed by atoms with Gasteiger partial charge < -0.3 is 0 Å². The number of rotatable bonds is 3. The molecule has 2 aromatic rings. The third kappa shape index (κ3) is 3.13. The van der Waals surface area contributed by atoms with Crippen LogP contribution in [0.4, 0.5) is 16.2 Å². The second-order valence-electron chi connectivity index (χ2n) is 6.06. The lowest BCUT2D eigenvalue weighted by Crippen LogP contribution is -2.28. The summed E-state index contributed by atoms with van der Waals surface area (Å²) in [5.74, 6) is -0.372. The molecule has 0 aliphatic carbocycles. The van der Waals surface area contributed by atoms with Crippen molar-refractivity contribution in [3.8, 4) is 0 Å². The second kappa shape index (κ2) is 6.76. The van der Waals surface area contributed by atoms with Gasteiger partial charge in [0.05, 0.1) is 15.5 Å². The van der Waals surface area contributed by atoms with Crippen LogP contribution in [0.25, 0.3) is 5.57 Å². The zero-order chi connectivity index (χ0) is 19.0. The van der Waals surface area contributed by atoms with E-state index in [1.807, 2.05) is 26.0 Å². The van der Waals surface area contributed by atoms with Gasteiger partial charge in [-0.15, -0.1) is 0 Å². The summed E-state index contributed by atoms with van der Waals surface area (Å²) in [4.78, 5) is 37.1. The predicted molar refractivity (Wildman–Crippen MR) is 102 cm³/mol. The molecule has 0 radical (unpaired) electrons. The molecule has 1 fully saturated rings. The lowest BCUT2D eigenvalue weighted by molar-refractivity contribution is -0.384. The molecule has 0 atom stereocenters. The summed E-state index contributed by atoms with van der Waals surface area (Å²) in [5.41, 5.74) is 3.74. The Morgan fingerprint density at radius 2 is 1.73 bits per heavy atom. The third-order valence-electron chi connectivity index (χ3n) is 4.21. The molecule has 26 heavy (non-hydrogen) atoms. The minimum Gasteiger partial charge on any atom is -0.268 e. The Labute approximate surface area is 154 Å². The van der Waals surface area contributed by atoms with Crippen LogP contribution >= 0.6 is 11.8 Å². The van der Waals surface area contributed by atoms with Crippen LogP contribution in [0.3, 0.4) is 0 Å². The van der Waals surface area contributed by atoms with Gasteiger partial charge in [0.1, 0.15) is 0 Å². The number of aryl methyl sites for hydroxylation is 2. The molecule has 0 saturated carbocycles. The summed E-state index contributed by atoms with van der Waals surface area (Å²) in [6.07, 6.45) is 0. The highest BCUT2D eigenvalue weighted by molar-refractivity contribution is 8.19. The van der Waals surface area contributed by atoms with Crippen molar-refractivity contribution in [1.29, 1.82) is 0 Å². The number of non-ortho nitro benzene ring substituents is 1. The number of anilines is 1. The Morgan fingerprint density at radius 3 is 2.31 bits per heavy atom. The molecule has 0 N–H and O–H groups in total. The maximum absolute atomic E-state index is 12.9. The van der Waals surface area contributed by atoms with Gasteiger partial charge in [-0.25, -0.2) is 4.90 Å². The molecule has 3 rings (SSSR count). The Hall–Kier alpha value is -2.93. The van der Waals surface area contributed by atoms with Crippen LogP contribution in [0, 0.1) is 24.0 Å². The monoisotopic (exact) mass is 368 g/mol. The lowest BCUT2D eigenvalue weighted by Gasteiger charge is -2.16. The SMILES string of the molecule is C/C(=C1/SC(=O)N(c2ccc(C)cc2C)C1=O)c1ccc([N+](=O)[O-])cc1. The number of imide groups is 1. The molecule has 7 heteroatoms. The molecule has 0 spiro atoms. The average Bonchev–Trinajstić information content (AvgIpc) is 2.89. The summed E-state index contributed by atoms with van der Waals surface area (Å²) in [7, 11) is 0. The fourth-order valence-electron chi connectivity index (χ4n) is 2.83. The summed E-state index contributed by atoms with van der Waals surface area (Å²) in [6.45, 7) is 5.54. The van der Waals surface area contributed by atoms with Crippen molar-refractivity contribution in [1.82, 2.24) is 0 Å². The minimum atomic E-state index is -0.479. The van der Waals surface area contributed by atoms with E-state index in [1.165, 1.54) is 17.0 Å². The first-order chi connectivity index (χ1) is 12.3. The Morgan fingerprint density at radius 1 is 1.08 bits per heavy atom. The van der Waals surface area contributed by atoms with Gasteiger partial charge in [0.2, 0.25) is 0 Å². The van der Waals surface area contributed by atoms with Gasteiger partial charge in [0.25, 0.3) is 16.8 Å². The van der Waals surface area contributed by atoms with Crippen LogP contribution in [0.5, 0.6) is 0 Å². The molecule has 1 aliphatic heterocycles. The zero-order valence-electron chi connectivity index (χ0n) is 14.5. The summed E-state index contributed by atoms with van der Waals surface area (Å²) >= 11 is 0.886. The van der Waals surface area contributed by atoms with Crippen LogP contribution in [0.2, 0.25) is 0 Å². The quantitative estimate of drug-likeness (QED) is 0.440. The summed E-state index contributed by atoms with van der Waals surface area (Å²) in [6, 6.07) is 11.5. The van der Waals surface area contributed by atoms with Gasteiger partial charge in [-0.3, -0.25) is 19.7 Å². The van der Waals surface area contributed by atoms with E-state index in [2.05, 4.69) is 0 Å². The fourth-order valence-corrected chi connectivity index (χ4v) is 3.72. The average molecular weight is 368 g/mol. The molecular formula is C19H16N2O4S. The number of hydrogen-bond donors (Lipinski definition) is 0. The third-order valence-corrected chi connectivity index (χ3v) is 5.26. The number of carbonyl (C=O) groups excluding carboxylic acids is 2. The molecular weight excluding hydrogens is 352 g/mol. The highest BCUT2D eigenvalue weighted by Gasteiger charge is 2.38. The van der Waals surface area contributed by atoms with Gasteiger partial charge in [-0.05, 0) is 67.4 Å². The standard InChI is InChI=1S/C19H16N2O4S/c1-11-4-9-16(12(2)10-11)20-18(22)17(26-19(20)23)13(3)14-5-7-15(8-6-14)21(24)25/h4-10H,1-3H3/b17-13-. The Kier molecular flexibility index (Phi) is 4.65. The number of amides is 2. The van der Waals surface area contributed by atoms with Crippen LogP contribution in [0.15, 0.2) is 47.4 Å². The zero-order valence-corrected chi connectivity index (χ0v) is 15.3. The molecule has 2 amide bonds. The number of thioether (sulfide) groups is 1. The first kappa shape index (κ1) is 17.9. The number of nitro benzene ring substituents is 1. The molecule has 0 unspecified atom stereocenters. The maximum Gasteiger partial charge on any atom is 0.298 e. The number of nitrogens with zero attached hydrogens (tertiary/aromatic N) is 2. The van der Waals surface area contributed by atoms with Crippen LogP contribution in [-0.2, 0) is 4.79 Å². The molecule has 2 aromatic carbocycles. The second-order valence-corrected chi connectivity index (χ2v) is 7.02. The first-order valence-corrected chi connectivity index (χ1v) is 8.70. The lowest BCUT2D eigenvalue weighted by atomic mass is 10.1. The van der Waals surface area contributed by atoms with Gasteiger partial charge in [0, 0.05) is 12.1 Å². The molecule has 0 aromatic heterocycles. The van der Waals surface area contributed by atoms with Crippen molar-refractivity contribution in [2.75, 3.05) is 4.90 Å². The maximum atomic E-state index is 12.9. The van der Waals surface area contributed by atoms with E-state index in [4.69, 9.17) is 0 Å². The van der Waals surface area contributed by atoms with Gasteiger partial charge in [0.15, 0.2) is 0 Å². The number of nitro groups is 1. The number of hydrogen-bond acceptors (Lipinski definition) is 5. The topological polar surface area (TPSA) is 80.5 Å². The molecule has 1 heterocycles. The Balaban J connectivity index is 1.99. The van der Waals surface area contributed by atoms with Crippen LogP contribution in [0.1, 0.15) is 23.6 Å². The summed E-state index contributed by atoms with van der Waals surface area (Å²) < 4.78 is 0. The van der Waals surface area contributed by atoms with Crippen molar-refractivity contribution in [3.05, 3.63) is 74.2 Å². The first-order valence-electron chi connectivity index (χ1n) is 7.89. The van der Waals surface area contributed by atoms with Crippen LogP contribution < -0.4 is 4.90 Å². The van der Waals surface area contributed by atoms with E-state index in [1.54, 1.807) is 25.1 Å². The highest BCUT2D eigenvalue weighted by atomic mass is 32.2. The van der Waals surface area contributed by atoms with Crippen molar-refractivity contribution in [3.63, 3.8) is 0 Å². The molecule has 132 valence electrons. The summed E-state index contributed by atoms with van der Waals surface area (Å²) in [5, 5.41) is 10.4. The number of benzene rings is 2. The van der Waals surface area contributed by atoms with E-state index in [0.29, 0.717) is 21.7 Å². The number of allylic oxidation sites excluding steroid dienone is 1. The molecule has 0 bridgehead atoms. The van der Waals surface area contributed by atoms with Gasteiger partial charge in [-0.2, -0.15) is 0 Å². The van der Waals surface area contributed by atoms with E-state index < -0.39 is 4.92 Å². The molecule has 1 saturated heterocycles. The largest absolute Gasteiger partial charge is 0.298 e. The minimum absolute atomic E-state index is 0.0232. The smallest absolute Gasteiger partial charge is 0.268 e. The molecule has 1 aliphatic rings. The number of carbonyl (C=O) groups is 2. The van der Waals surface area contributed by atoms with Gasteiger partial charge in [-0.1, -0.05) is 17.7 Å². The van der Waals surface area contributed by atoms with E-state index in [9.17, 15) is 19.7 Å². The van der Waals surface area contributed by atoms with Crippen molar-refractivity contribution < 1.29 is 14.5 Å². The molecule has 6 nitrogen and oxygen atoms in total. The van der Waals surface area contributed by atoms with E-state index in [0.717, 1.165) is 22.9 Å². The van der Waals surface area contributed by atoms with Gasteiger partial charge >= 0.3 is 0 Å². The Bertz CT molecular complexity index is 964.